The van der Waals surface area contributed by atoms with Crippen LogP contribution >= 0.6 is 0 Å². The van der Waals surface area contributed by atoms with Gasteiger partial charge in [0.2, 0.25) is 0 Å². The molecule has 1 aliphatic heterocycles. The Hall–Kier alpha value is -2.15. The van der Waals surface area contributed by atoms with Crippen LogP contribution in [0.3, 0.4) is 0 Å². The van der Waals surface area contributed by atoms with Gasteiger partial charge in [0.25, 0.3) is 5.91 Å². The number of nitrogens with zero attached hydrogens (tertiary/aromatic N) is 1. The molecule has 0 unspecified atom stereocenters. The third-order valence-corrected chi connectivity index (χ3v) is 3.69. The molecule has 1 amide bonds. The van der Waals surface area contributed by atoms with Crippen LogP contribution in [0.2, 0.25) is 0 Å². The van der Waals surface area contributed by atoms with Gasteiger partial charge in [-0.25, -0.2) is 4.39 Å². The molecule has 0 aromatic heterocycles. The molecule has 126 valence electrons. The second kappa shape index (κ2) is 8.47. The number of carbonyl (C=O) groups is 2. The normalized spacial score (nSPS) is 15.2. The van der Waals surface area contributed by atoms with Crippen molar-refractivity contribution in [1.29, 1.82) is 0 Å². The third-order valence-electron chi connectivity index (χ3n) is 3.69. The molecule has 2 rings (SSSR count). The van der Waals surface area contributed by atoms with Gasteiger partial charge in [-0.3, -0.25) is 9.59 Å². The highest BCUT2D eigenvalue weighted by atomic mass is 19.1. The van der Waals surface area contributed by atoms with E-state index in [1.54, 1.807) is 4.90 Å². The number of amides is 1. The van der Waals surface area contributed by atoms with Crippen LogP contribution in [-0.2, 0) is 14.3 Å². The third kappa shape index (κ3) is 5.52. The Labute approximate surface area is 133 Å². The van der Waals surface area contributed by atoms with Crippen LogP contribution in [0.25, 0.3) is 0 Å². The Kier molecular flexibility index (Phi) is 6.34. The van der Waals surface area contributed by atoms with Crippen LogP contribution in [0.15, 0.2) is 24.3 Å². The lowest BCUT2D eigenvalue weighted by molar-refractivity contribution is -0.141. The minimum atomic E-state index is -0.950. The molecule has 1 N–H and O–H groups in total. The van der Waals surface area contributed by atoms with E-state index < -0.39 is 5.97 Å². The molecule has 1 fully saturated rings. The molecule has 0 aliphatic carbocycles. The Morgan fingerprint density at radius 1 is 1.26 bits per heavy atom. The summed E-state index contributed by atoms with van der Waals surface area (Å²) in [4.78, 5) is 24.7. The minimum absolute atomic E-state index is 0.0348. The Morgan fingerprint density at radius 2 is 1.91 bits per heavy atom. The van der Waals surface area contributed by atoms with Crippen molar-refractivity contribution >= 4 is 11.9 Å². The van der Waals surface area contributed by atoms with Crippen molar-refractivity contribution in [2.45, 2.75) is 25.3 Å². The number of carboxylic acid groups (broad SMARTS) is 1. The number of carbonyl (C=O) groups excluding carboxylic acids is 1. The van der Waals surface area contributed by atoms with Gasteiger partial charge in [0.15, 0.2) is 6.61 Å². The van der Waals surface area contributed by atoms with E-state index in [0.29, 0.717) is 31.8 Å². The average Bonchev–Trinajstić information content (AvgIpc) is 2.55. The molecule has 1 aromatic rings. The van der Waals surface area contributed by atoms with Crippen LogP contribution in [0.4, 0.5) is 4.39 Å². The number of benzene rings is 1. The molecule has 1 heterocycles. The smallest absolute Gasteiger partial charge is 0.305 e. The number of hydrogen-bond acceptors (Lipinski definition) is 4. The standard InChI is InChI=1S/C16H20FNO5/c17-12-1-3-14(4-2-12)23-11-15(19)18(8-5-16(20)21)13-6-9-22-10-7-13/h1-4,13H,5-11H2,(H,20,21). The van der Waals surface area contributed by atoms with Crippen LogP contribution in [-0.4, -0.2) is 54.3 Å². The van der Waals surface area contributed by atoms with Gasteiger partial charge in [0.1, 0.15) is 11.6 Å². The molecule has 0 spiro atoms. The molecule has 0 saturated carbocycles. The van der Waals surface area contributed by atoms with Crippen LogP contribution in [0.1, 0.15) is 19.3 Å². The van der Waals surface area contributed by atoms with E-state index in [4.69, 9.17) is 14.6 Å². The SMILES string of the molecule is O=C(O)CCN(C(=O)COc1ccc(F)cc1)C1CCOCC1. The van der Waals surface area contributed by atoms with Gasteiger partial charge in [0, 0.05) is 25.8 Å². The predicted octanol–water partition coefficient (Wildman–Crippen LogP) is 1.69. The lowest BCUT2D eigenvalue weighted by Crippen LogP contribution is -2.46. The van der Waals surface area contributed by atoms with E-state index in [0.717, 1.165) is 0 Å². The second-order valence-corrected chi connectivity index (χ2v) is 5.32. The first-order chi connectivity index (χ1) is 11.1. The number of hydrogen-bond donors (Lipinski definition) is 1. The van der Waals surface area contributed by atoms with E-state index in [1.807, 2.05) is 0 Å². The molecule has 0 bridgehead atoms. The first-order valence-electron chi connectivity index (χ1n) is 7.53. The van der Waals surface area contributed by atoms with Gasteiger partial charge in [0.05, 0.1) is 6.42 Å². The van der Waals surface area contributed by atoms with Gasteiger partial charge in [-0.2, -0.15) is 0 Å². The number of ether oxygens (including phenoxy) is 2. The maximum atomic E-state index is 12.8. The molecule has 0 radical (unpaired) electrons. The van der Waals surface area contributed by atoms with E-state index in [9.17, 15) is 14.0 Å². The number of rotatable bonds is 7. The van der Waals surface area contributed by atoms with Gasteiger partial charge in [-0.15, -0.1) is 0 Å². The predicted molar refractivity (Wildman–Crippen MR) is 79.7 cm³/mol. The van der Waals surface area contributed by atoms with Gasteiger partial charge < -0.3 is 19.5 Å². The van der Waals surface area contributed by atoms with Crippen molar-refractivity contribution in [3.63, 3.8) is 0 Å². The summed E-state index contributed by atoms with van der Waals surface area (Å²) < 4.78 is 23.5. The number of carboxylic acids is 1. The van der Waals surface area contributed by atoms with Crippen LogP contribution in [0, 0.1) is 5.82 Å². The van der Waals surface area contributed by atoms with E-state index in [2.05, 4.69) is 0 Å². The lowest BCUT2D eigenvalue weighted by Gasteiger charge is -2.34. The second-order valence-electron chi connectivity index (χ2n) is 5.32. The quantitative estimate of drug-likeness (QED) is 0.825. The van der Waals surface area contributed by atoms with Crippen molar-refractivity contribution in [2.24, 2.45) is 0 Å². The van der Waals surface area contributed by atoms with E-state index >= 15 is 0 Å². The van der Waals surface area contributed by atoms with Gasteiger partial charge in [-0.1, -0.05) is 0 Å². The van der Waals surface area contributed by atoms with Crippen molar-refractivity contribution in [3.8, 4) is 5.75 Å². The Bertz CT molecular complexity index is 528. The molecule has 1 aliphatic rings. The molecule has 7 heteroatoms. The van der Waals surface area contributed by atoms with Crippen LogP contribution < -0.4 is 4.74 Å². The summed E-state index contributed by atoms with van der Waals surface area (Å²) in [5.74, 6) is -1.21. The molecule has 1 saturated heterocycles. The summed E-state index contributed by atoms with van der Waals surface area (Å²) in [5.41, 5.74) is 0. The van der Waals surface area contributed by atoms with E-state index in [1.165, 1.54) is 24.3 Å². The Morgan fingerprint density at radius 3 is 2.52 bits per heavy atom. The molecule has 6 nitrogen and oxygen atoms in total. The van der Waals surface area contributed by atoms with Crippen molar-refractivity contribution in [2.75, 3.05) is 26.4 Å². The average molecular weight is 325 g/mol. The molecule has 1 aromatic carbocycles. The lowest BCUT2D eigenvalue weighted by atomic mass is 10.1. The van der Waals surface area contributed by atoms with E-state index in [-0.39, 0.29) is 37.3 Å². The minimum Gasteiger partial charge on any atom is -0.484 e. The topological polar surface area (TPSA) is 76.1 Å². The molecule has 0 atom stereocenters. The van der Waals surface area contributed by atoms with Crippen LogP contribution in [0.5, 0.6) is 5.75 Å². The highest BCUT2D eigenvalue weighted by Crippen LogP contribution is 2.16. The summed E-state index contributed by atoms with van der Waals surface area (Å²) in [6.45, 7) is 1.05. The molecular weight excluding hydrogens is 305 g/mol. The summed E-state index contributed by atoms with van der Waals surface area (Å²) in [5, 5.41) is 8.85. The fourth-order valence-electron chi connectivity index (χ4n) is 2.48. The van der Waals surface area contributed by atoms with Crippen molar-refractivity contribution < 1.29 is 28.6 Å². The van der Waals surface area contributed by atoms with Crippen molar-refractivity contribution in [1.82, 2.24) is 4.90 Å². The van der Waals surface area contributed by atoms with Crippen molar-refractivity contribution in [3.05, 3.63) is 30.1 Å². The summed E-state index contributed by atoms with van der Waals surface area (Å²) >= 11 is 0. The highest BCUT2D eigenvalue weighted by Gasteiger charge is 2.26. The number of aliphatic carboxylic acids is 1. The molecule has 23 heavy (non-hydrogen) atoms. The zero-order chi connectivity index (χ0) is 16.7. The zero-order valence-corrected chi connectivity index (χ0v) is 12.7. The largest absolute Gasteiger partial charge is 0.484 e. The summed E-state index contributed by atoms with van der Waals surface area (Å²) in [7, 11) is 0. The Balaban J connectivity index is 1.94. The first-order valence-corrected chi connectivity index (χ1v) is 7.53. The monoisotopic (exact) mass is 325 g/mol. The zero-order valence-electron chi connectivity index (χ0n) is 12.7. The highest BCUT2D eigenvalue weighted by molar-refractivity contribution is 5.79. The maximum absolute atomic E-state index is 12.8. The van der Waals surface area contributed by atoms with Gasteiger partial charge >= 0.3 is 5.97 Å². The fraction of sp³-hybridized carbons (Fsp3) is 0.500. The first kappa shape index (κ1) is 17.2. The summed E-state index contributed by atoms with van der Waals surface area (Å²) in [6.07, 6.45) is 1.25. The molecular formula is C16H20FNO5. The van der Waals surface area contributed by atoms with Gasteiger partial charge in [-0.05, 0) is 37.1 Å². The maximum Gasteiger partial charge on any atom is 0.305 e. The number of halogens is 1. The summed E-state index contributed by atoms with van der Waals surface area (Å²) in [6, 6.07) is 5.35. The fourth-order valence-corrected chi connectivity index (χ4v) is 2.48.